The number of hydrogen-bond acceptors (Lipinski definition) is 3. The molecule has 1 aromatic heterocycles. The molecule has 0 aliphatic rings. The van der Waals surface area contributed by atoms with Gasteiger partial charge in [-0.2, -0.15) is 0 Å². The third-order valence-corrected chi connectivity index (χ3v) is 5.05. The maximum absolute atomic E-state index is 10.7. The predicted molar refractivity (Wildman–Crippen MR) is 83.4 cm³/mol. The summed E-state index contributed by atoms with van der Waals surface area (Å²) in [5.74, 6) is 0. The van der Waals surface area contributed by atoms with Crippen LogP contribution in [-0.4, -0.2) is 24.4 Å². The minimum absolute atomic E-state index is 0.108. The van der Waals surface area contributed by atoms with Gasteiger partial charge in [-0.05, 0) is 0 Å². The number of aromatic nitrogens is 1. The van der Waals surface area contributed by atoms with E-state index in [1.807, 2.05) is 0 Å². The molecule has 0 N–H and O–H groups in total. The number of rotatable bonds is 3. The topological polar surface area (TPSA) is 56.0 Å². The van der Waals surface area contributed by atoms with Crippen molar-refractivity contribution in [1.82, 2.24) is 4.98 Å². The zero-order valence-corrected chi connectivity index (χ0v) is 13.0. The van der Waals surface area contributed by atoms with E-state index >= 15 is 0 Å². The van der Waals surface area contributed by atoms with Crippen molar-refractivity contribution in [2.75, 3.05) is 0 Å². The second-order valence-electron chi connectivity index (χ2n) is 4.71. The molecule has 0 atom stereocenters. The van der Waals surface area contributed by atoms with Gasteiger partial charge in [0.25, 0.3) is 0 Å². The molecule has 1 heterocycles. The van der Waals surface area contributed by atoms with Crippen LogP contribution in [0.3, 0.4) is 0 Å². The van der Waals surface area contributed by atoms with Gasteiger partial charge in [-0.1, -0.05) is 0 Å². The molecule has 0 fully saturated rings. The summed E-state index contributed by atoms with van der Waals surface area (Å²) in [5.41, 5.74) is 4.39. The predicted octanol–water partition coefficient (Wildman–Crippen LogP) is 3.69. The Kier molecular flexibility index (Phi) is 3.69. The molecule has 5 heteroatoms. The van der Waals surface area contributed by atoms with Gasteiger partial charge in [0.1, 0.15) is 0 Å². The van der Waals surface area contributed by atoms with E-state index in [9.17, 15) is 10.1 Å². The number of non-ortho nitro benzene ring substituents is 1. The Labute approximate surface area is 128 Å². The van der Waals surface area contributed by atoms with Crippen molar-refractivity contribution in [2.24, 2.45) is 0 Å². The van der Waals surface area contributed by atoms with Crippen molar-refractivity contribution in [3.05, 3.63) is 69.1 Å². The van der Waals surface area contributed by atoms with E-state index in [1.54, 1.807) is 12.1 Å². The van der Waals surface area contributed by atoms with Gasteiger partial charge < -0.3 is 0 Å². The number of nitrogens with zero attached hydrogens (tertiary/aromatic N) is 2. The van der Waals surface area contributed by atoms with Gasteiger partial charge in [0.05, 0.1) is 0 Å². The van der Waals surface area contributed by atoms with Crippen molar-refractivity contribution in [2.45, 2.75) is 6.92 Å². The minimum atomic E-state index is -0.388. The van der Waals surface area contributed by atoms with Crippen LogP contribution in [0.2, 0.25) is 0 Å². The molecule has 21 heavy (non-hydrogen) atoms. The van der Waals surface area contributed by atoms with Crippen LogP contribution in [0.4, 0.5) is 5.69 Å². The van der Waals surface area contributed by atoms with Gasteiger partial charge in [-0.15, -0.1) is 0 Å². The van der Waals surface area contributed by atoms with Crippen molar-refractivity contribution in [1.29, 1.82) is 0 Å². The fourth-order valence-corrected chi connectivity index (χ4v) is 3.74. The summed E-state index contributed by atoms with van der Waals surface area (Å²) in [6.45, 7) is 2.06. The van der Waals surface area contributed by atoms with E-state index in [-0.39, 0.29) is 25.1 Å². The normalized spacial score (nSPS) is 10.5. The third-order valence-electron chi connectivity index (χ3n) is 3.18. The quantitative estimate of drug-likeness (QED) is 0.414. The molecule has 0 aliphatic carbocycles. The van der Waals surface area contributed by atoms with Gasteiger partial charge in [0.2, 0.25) is 0 Å². The van der Waals surface area contributed by atoms with Crippen molar-refractivity contribution in [3.8, 4) is 21.4 Å². The number of nitro benzene ring substituents is 1. The second kappa shape index (κ2) is 5.64. The third kappa shape index (κ3) is 2.94. The SMILES string of the molecule is Cc1ccc(-c2c[se]c(-c3ccc([N+](=O)[O-])cc3)n2)cc1. The number of benzene rings is 2. The molecule has 0 saturated carbocycles. The van der Waals surface area contributed by atoms with E-state index in [1.165, 1.54) is 17.7 Å². The van der Waals surface area contributed by atoms with Gasteiger partial charge in [0, 0.05) is 0 Å². The molecule has 0 spiro atoms. The number of hydrogen-bond donors (Lipinski definition) is 0. The molecule has 3 aromatic rings. The summed E-state index contributed by atoms with van der Waals surface area (Å²) in [4.78, 5) is 17.1. The van der Waals surface area contributed by atoms with Crippen LogP contribution in [0.5, 0.6) is 0 Å². The van der Waals surface area contributed by atoms with E-state index in [2.05, 4.69) is 41.1 Å². The van der Waals surface area contributed by atoms with Gasteiger partial charge >= 0.3 is 128 Å². The first-order valence-electron chi connectivity index (χ1n) is 6.41. The van der Waals surface area contributed by atoms with Crippen molar-refractivity contribution in [3.63, 3.8) is 0 Å². The Morgan fingerprint density at radius 1 is 1.00 bits per heavy atom. The first-order valence-corrected chi connectivity index (χ1v) is 8.25. The van der Waals surface area contributed by atoms with Crippen molar-refractivity contribution < 1.29 is 4.92 Å². The summed E-state index contributed by atoms with van der Waals surface area (Å²) < 4.78 is 1.01. The van der Waals surface area contributed by atoms with Crippen molar-refractivity contribution >= 4 is 20.2 Å². The van der Waals surface area contributed by atoms with E-state index in [0.717, 1.165) is 21.4 Å². The van der Waals surface area contributed by atoms with E-state index in [4.69, 9.17) is 0 Å². The molecule has 0 unspecified atom stereocenters. The second-order valence-corrected chi connectivity index (χ2v) is 6.51. The average molecular weight is 343 g/mol. The summed E-state index contributed by atoms with van der Waals surface area (Å²) in [6, 6.07) is 14.9. The zero-order valence-electron chi connectivity index (χ0n) is 11.3. The summed E-state index contributed by atoms with van der Waals surface area (Å²) >= 11 is 0.163. The molecule has 0 aliphatic heterocycles. The fraction of sp³-hybridized carbons (Fsp3) is 0.0625. The van der Waals surface area contributed by atoms with Crippen LogP contribution in [0.1, 0.15) is 5.56 Å². The molecule has 4 nitrogen and oxygen atoms in total. The number of nitro groups is 1. The van der Waals surface area contributed by atoms with Gasteiger partial charge in [-0.25, -0.2) is 0 Å². The summed E-state index contributed by atoms with van der Waals surface area (Å²) in [5, 5.41) is 10.7. The molecule has 104 valence electrons. The van der Waals surface area contributed by atoms with Crippen LogP contribution in [0, 0.1) is 17.0 Å². The molecule has 0 radical (unpaired) electrons. The number of aryl methyl sites for hydroxylation is 1. The van der Waals surface area contributed by atoms with Crippen LogP contribution in [0.15, 0.2) is 53.5 Å². The Bertz CT molecular complexity index is 777. The van der Waals surface area contributed by atoms with Crippen LogP contribution < -0.4 is 0 Å². The maximum atomic E-state index is 10.7. The van der Waals surface area contributed by atoms with Gasteiger partial charge in [-0.3, -0.25) is 0 Å². The molecular weight excluding hydrogens is 331 g/mol. The molecule has 0 saturated heterocycles. The van der Waals surface area contributed by atoms with E-state index < -0.39 is 0 Å². The monoisotopic (exact) mass is 344 g/mol. The zero-order chi connectivity index (χ0) is 14.8. The van der Waals surface area contributed by atoms with Gasteiger partial charge in [0.15, 0.2) is 0 Å². The average Bonchev–Trinajstić information content (AvgIpc) is 2.98. The first-order chi connectivity index (χ1) is 10.1. The Hall–Kier alpha value is -2.23. The molecular formula is C16H12N2O2Se. The van der Waals surface area contributed by atoms with Crippen LogP contribution >= 0.6 is 0 Å². The summed E-state index contributed by atoms with van der Waals surface area (Å²) in [7, 11) is 0. The Morgan fingerprint density at radius 3 is 2.24 bits per heavy atom. The summed E-state index contributed by atoms with van der Waals surface area (Å²) in [6.07, 6.45) is 0. The first kappa shape index (κ1) is 13.7. The molecule has 0 bridgehead atoms. The molecule has 3 rings (SSSR count). The standard InChI is InChI=1S/C16H12N2O2Se/c1-11-2-4-12(5-3-11)15-10-21-16(17-15)13-6-8-14(9-7-13)18(19)20/h2-10H,1H3. The fourth-order valence-electron chi connectivity index (χ4n) is 1.99. The molecule has 0 amide bonds. The Morgan fingerprint density at radius 2 is 1.62 bits per heavy atom. The van der Waals surface area contributed by atoms with Crippen LogP contribution in [-0.2, 0) is 0 Å². The van der Waals surface area contributed by atoms with Crippen LogP contribution in [0.25, 0.3) is 21.4 Å². The Balaban J connectivity index is 1.90. The van der Waals surface area contributed by atoms with E-state index in [0.29, 0.717) is 0 Å². The molecule has 2 aromatic carbocycles.